The molecule has 2 heterocycles. The van der Waals surface area contributed by atoms with E-state index in [1.54, 1.807) is 12.3 Å². The van der Waals surface area contributed by atoms with E-state index in [1.807, 2.05) is 38.1 Å². The van der Waals surface area contributed by atoms with E-state index in [-0.39, 0.29) is 12.0 Å². The minimum Gasteiger partial charge on any atom is -0.491 e. The Morgan fingerprint density at radius 2 is 1.96 bits per heavy atom. The highest BCUT2D eigenvalue weighted by Gasteiger charge is 2.12. The molecule has 1 aliphatic heterocycles. The number of ether oxygens (including phenoxy) is 2. The average Bonchev–Trinajstić information content (AvgIpc) is 2.70. The van der Waals surface area contributed by atoms with Gasteiger partial charge in [0, 0.05) is 38.1 Å². The Kier molecular flexibility index (Phi) is 7.16. The lowest BCUT2D eigenvalue weighted by molar-refractivity contribution is 0.0383. The molecule has 0 atom stereocenters. The molecule has 0 aliphatic carbocycles. The van der Waals surface area contributed by atoms with Crippen LogP contribution in [0.2, 0.25) is 0 Å². The van der Waals surface area contributed by atoms with Crippen LogP contribution in [-0.4, -0.2) is 66.3 Å². The number of carbonyl (C=O) groups is 1. The van der Waals surface area contributed by atoms with Gasteiger partial charge in [-0.3, -0.25) is 9.69 Å². The first-order valence-electron chi connectivity index (χ1n) is 9.55. The Bertz CT molecular complexity index is 761. The summed E-state index contributed by atoms with van der Waals surface area (Å²) in [7, 11) is 0. The van der Waals surface area contributed by atoms with Crippen LogP contribution in [0.4, 0.5) is 11.6 Å². The third-order valence-electron chi connectivity index (χ3n) is 4.19. The van der Waals surface area contributed by atoms with Crippen molar-refractivity contribution in [2.24, 2.45) is 0 Å². The predicted octanol–water partition coefficient (Wildman–Crippen LogP) is 2.07. The van der Waals surface area contributed by atoms with E-state index < -0.39 is 0 Å². The van der Waals surface area contributed by atoms with Gasteiger partial charge in [0.2, 0.25) is 5.95 Å². The number of hydrogen-bond acceptors (Lipinski definition) is 7. The number of carbonyl (C=O) groups excluding carboxylic acids is 1. The number of morpholine rings is 1. The monoisotopic (exact) mass is 385 g/mol. The van der Waals surface area contributed by atoms with Crippen LogP contribution in [0.3, 0.4) is 0 Å². The number of aromatic nitrogens is 2. The quantitative estimate of drug-likeness (QED) is 0.719. The van der Waals surface area contributed by atoms with Crippen molar-refractivity contribution >= 4 is 17.5 Å². The van der Waals surface area contributed by atoms with E-state index >= 15 is 0 Å². The van der Waals surface area contributed by atoms with Crippen LogP contribution < -0.4 is 15.4 Å². The summed E-state index contributed by atoms with van der Waals surface area (Å²) in [4.78, 5) is 23.1. The van der Waals surface area contributed by atoms with Crippen LogP contribution in [0.5, 0.6) is 5.75 Å². The fourth-order valence-electron chi connectivity index (χ4n) is 2.81. The fraction of sp³-hybridized carbons (Fsp3) is 0.450. The van der Waals surface area contributed by atoms with Gasteiger partial charge in [-0.15, -0.1) is 0 Å². The summed E-state index contributed by atoms with van der Waals surface area (Å²) in [5.41, 5.74) is 1.15. The Balaban J connectivity index is 1.52. The average molecular weight is 385 g/mol. The molecular weight excluding hydrogens is 358 g/mol. The molecule has 0 unspecified atom stereocenters. The standard InChI is InChI=1S/C20H27N5O3/c1-15(2)28-17-5-3-16(4-6-17)23-20-22-8-7-18(24-20)19(26)21-9-10-25-11-13-27-14-12-25/h3-8,15H,9-14H2,1-2H3,(H,21,26)(H,22,23,24). The summed E-state index contributed by atoms with van der Waals surface area (Å²) in [6, 6.07) is 9.14. The predicted molar refractivity (Wildman–Crippen MR) is 107 cm³/mol. The molecule has 8 nitrogen and oxygen atoms in total. The number of rotatable bonds is 8. The van der Waals surface area contributed by atoms with Crippen LogP contribution in [-0.2, 0) is 4.74 Å². The molecule has 0 bridgehead atoms. The molecule has 0 spiro atoms. The van der Waals surface area contributed by atoms with Gasteiger partial charge >= 0.3 is 0 Å². The number of hydrogen-bond donors (Lipinski definition) is 2. The van der Waals surface area contributed by atoms with Gasteiger partial charge in [0.1, 0.15) is 11.4 Å². The molecule has 1 saturated heterocycles. The molecule has 0 saturated carbocycles. The van der Waals surface area contributed by atoms with Crippen molar-refractivity contribution in [3.05, 3.63) is 42.2 Å². The summed E-state index contributed by atoms with van der Waals surface area (Å²) >= 11 is 0. The first kappa shape index (κ1) is 20.0. The minimum absolute atomic E-state index is 0.126. The van der Waals surface area contributed by atoms with E-state index in [4.69, 9.17) is 9.47 Å². The van der Waals surface area contributed by atoms with Gasteiger partial charge in [0.05, 0.1) is 19.3 Å². The van der Waals surface area contributed by atoms with Crippen molar-refractivity contribution in [1.82, 2.24) is 20.2 Å². The van der Waals surface area contributed by atoms with Crippen molar-refractivity contribution < 1.29 is 14.3 Å². The molecule has 3 rings (SSSR count). The maximum Gasteiger partial charge on any atom is 0.270 e. The van der Waals surface area contributed by atoms with Gasteiger partial charge in [-0.25, -0.2) is 9.97 Å². The number of anilines is 2. The molecule has 1 aliphatic rings. The Hall–Kier alpha value is -2.71. The Labute approximate surface area is 165 Å². The zero-order chi connectivity index (χ0) is 19.8. The topological polar surface area (TPSA) is 88.6 Å². The fourth-order valence-corrected chi connectivity index (χ4v) is 2.81. The van der Waals surface area contributed by atoms with Crippen LogP contribution >= 0.6 is 0 Å². The highest BCUT2D eigenvalue weighted by molar-refractivity contribution is 5.92. The number of amides is 1. The van der Waals surface area contributed by atoms with E-state index in [0.29, 0.717) is 18.2 Å². The maximum absolute atomic E-state index is 12.3. The molecule has 28 heavy (non-hydrogen) atoms. The molecule has 1 aromatic heterocycles. The second-order valence-electron chi connectivity index (χ2n) is 6.79. The van der Waals surface area contributed by atoms with Crippen LogP contribution in [0.15, 0.2) is 36.5 Å². The summed E-state index contributed by atoms with van der Waals surface area (Å²) < 4.78 is 11.0. The van der Waals surface area contributed by atoms with Gasteiger partial charge in [-0.2, -0.15) is 0 Å². The smallest absolute Gasteiger partial charge is 0.270 e. The SMILES string of the molecule is CC(C)Oc1ccc(Nc2nccc(C(=O)NCCN3CCOCC3)n2)cc1. The van der Waals surface area contributed by atoms with Crippen molar-refractivity contribution in [3.8, 4) is 5.75 Å². The summed E-state index contributed by atoms with van der Waals surface area (Å²) in [5.74, 6) is 0.965. The zero-order valence-electron chi connectivity index (χ0n) is 16.4. The third-order valence-corrected chi connectivity index (χ3v) is 4.19. The molecule has 8 heteroatoms. The number of nitrogens with zero attached hydrogens (tertiary/aromatic N) is 3. The molecule has 150 valence electrons. The highest BCUT2D eigenvalue weighted by Crippen LogP contribution is 2.19. The maximum atomic E-state index is 12.3. The minimum atomic E-state index is -0.209. The molecular formula is C20H27N5O3. The first-order chi connectivity index (χ1) is 13.6. The largest absolute Gasteiger partial charge is 0.491 e. The van der Waals surface area contributed by atoms with E-state index in [1.165, 1.54) is 0 Å². The molecule has 1 fully saturated rings. The normalized spacial score (nSPS) is 14.7. The van der Waals surface area contributed by atoms with Crippen molar-refractivity contribution in [3.63, 3.8) is 0 Å². The number of nitrogens with one attached hydrogen (secondary N) is 2. The summed E-state index contributed by atoms with van der Waals surface area (Å²) in [5, 5.41) is 6.01. The van der Waals surface area contributed by atoms with E-state index in [2.05, 4.69) is 25.5 Å². The van der Waals surface area contributed by atoms with Gasteiger partial charge in [0.25, 0.3) is 5.91 Å². The molecule has 1 aromatic carbocycles. The van der Waals surface area contributed by atoms with Crippen molar-refractivity contribution in [2.45, 2.75) is 20.0 Å². The van der Waals surface area contributed by atoms with Crippen LogP contribution in [0.25, 0.3) is 0 Å². The van der Waals surface area contributed by atoms with Crippen molar-refractivity contribution in [1.29, 1.82) is 0 Å². The second-order valence-corrected chi connectivity index (χ2v) is 6.79. The molecule has 2 aromatic rings. The lowest BCUT2D eigenvalue weighted by atomic mass is 10.3. The zero-order valence-corrected chi connectivity index (χ0v) is 16.4. The second kappa shape index (κ2) is 10.0. The first-order valence-corrected chi connectivity index (χ1v) is 9.55. The van der Waals surface area contributed by atoms with E-state index in [0.717, 1.165) is 44.3 Å². The molecule has 2 N–H and O–H groups in total. The van der Waals surface area contributed by atoms with Gasteiger partial charge in [-0.1, -0.05) is 0 Å². The Morgan fingerprint density at radius 1 is 1.21 bits per heavy atom. The third kappa shape index (κ3) is 6.17. The molecule has 0 radical (unpaired) electrons. The lowest BCUT2D eigenvalue weighted by Crippen LogP contribution is -2.41. The van der Waals surface area contributed by atoms with Gasteiger partial charge in [0.15, 0.2) is 0 Å². The van der Waals surface area contributed by atoms with Crippen molar-refractivity contribution in [2.75, 3.05) is 44.7 Å². The highest BCUT2D eigenvalue weighted by atomic mass is 16.5. The van der Waals surface area contributed by atoms with Crippen LogP contribution in [0, 0.1) is 0 Å². The summed E-state index contributed by atoms with van der Waals surface area (Å²) in [6.45, 7) is 8.64. The molecule has 1 amide bonds. The number of benzene rings is 1. The van der Waals surface area contributed by atoms with Gasteiger partial charge in [-0.05, 0) is 44.2 Å². The Morgan fingerprint density at radius 3 is 2.68 bits per heavy atom. The van der Waals surface area contributed by atoms with Crippen LogP contribution in [0.1, 0.15) is 24.3 Å². The summed E-state index contributed by atoms with van der Waals surface area (Å²) in [6.07, 6.45) is 1.70. The lowest BCUT2D eigenvalue weighted by Gasteiger charge is -2.26. The van der Waals surface area contributed by atoms with E-state index in [9.17, 15) is 4.79 Å². The van der Waals surface area contributed by atoms with Gasteiger partial charge < -0.3 is 20.1 Å².